The van der Waals surface area contributed by atoms with E-state index in [9.17, 15) is 4.79 Å². The molecule has 0 saturated carbocycles. The second-order valence-electron chi connectivity index (χ2n) is 4.69. The molecule has 0 saturated heterocycles. The van der Waals surface area contributed by atoms with Crippen LogP contribution in [0.2, 0.25) is 0 Å². The van der Waals surface area contributed by atoms with Crippen molar-refractivity contribution in [3.63, 3.8) is 0 Å². The van der Waals surface area contributed by atoms with Crippen LogP contribution >= 0.6 is 22.9 Å². The lowest BCUT2D eigenvalue weighted by atomic mass is 10.2. The van der Waals surface area contributed by atoms with Crippen molar-refractivity contribution in [1.82, 2.24) is 14.6 Å². The molecular formula is C16H13N3O2S2. The highest BCUT2D eigenvalue weighted by atomic mass is 32.1. The summed E-state index contributed by atoms with van der Waals surface area (Å²) in [4.78, 5) is 17.5. The Kier molecular flexibility index (Phi) is 4.59. The Balaban J connectivity index is 1.83. The second-order valence-corrected chi connectivity index (χ2v) is 6.30. The third kappa shape index (κ3) is 3.52. The highest BCUT2D eigenvalue weighted by Crippen LogP contribution is 2.29. The molecule has 3 rings (SSSR count). The van der Waals surface area contributed by atoms with E-state index >= 15 is 0 Å². The van der Waals surface area contributed by atoms with Crippen LogP contribution in [0.1, 0.15) is 21.1 Å². The van der Waals surface area contributed by atoms with Crippen molar-refractivity contribution in [1.29, 1.82) is 0 Å². The van der Waals surface area contributed by atoms with Crippen LogP contribution in [0.15, 0.2) is 35.7 Å². The lowest BCUT2D eigenvalue weighted by Crippen LogP contribution is -1.93. The van der Waals surface area contributed by atoms with Crippen molar-refractivity contribution in [2.75, 3.05) is 7.11 Å². The van der Waals surface area contributed by atoms with E-state index in [1.54, 1.807) is 18.6 Å². The Bertz CT molecular complexity index is 837. The number of thiazole rings is 1. The highest BCUT2D eigenvalue weighted by molar-refractivity contribution is 7.17. The molecule has 3 aromatic rings. The fourth-order valence-corrected chi connectivity index (χ4v) is 3.38. The van der Waals surface area contributed by atoms with E-state index in [0.29, 0.717) is 10.6 Å². The minimum absolute atomic E-state index is 0.0761. The van der Waals surface area contributed by atoms with Gasteiger partial charge in [0.2, 0.25) is 0 Å². The number of allylic oxidation sites excluding steroid dienone is 1. The smallest absolute Gasteiger partial charge is 0.197 e. The van der Waals surface area contributed by atoms with E-state index in [0.717, 1.165) is 22.0 Å². The van der Waals surface area contributed by atoms with E-state index in [1.807, 2.05) is 31.2 Å². The lowest BCUT2D eigenvalue weighted by molar-refractivity contribution is 0.105. The van der Waals surface area contributed by atoms with E-state index in [-0.39, 0.29) is 5.78 Å². The molecule has 7 heteroatoms. The molecule has 1 aromatic carbocycles. The quantitative estimate of drug-likeness (QED) is 0.520. The molecule has 5 nitrogen and oxygen atoms in total. The number of rotatable bonds is 5. The minimum Gasteiger partial charge on any atom is -0.497 e. The number of aryl methyl sites for hydroxylation is 1. The van der Waals surface area contributed by atoms with Crippen molar-refractivity contribution in [2.24, 2.45) is 0 Å². The van der Waals surface area contributed by atoms with Crippen LogP contribution in [0.5, 0.6) is 5.75 Å². The van der Waals surface area contributed by atoms with Crippen molar-refractivity contribution >= 4 is 34.7 Å². The number of ether oxygens (including phenoxy) is 1. The molecule has 0 fully saturated rings. The molecule has 0 amide bonds. The third-order valence-corrected chi connectivity index (χ3v) is 4.88. The van der Waals surface area contributed by atoms with Gasteiger partial charge >= 0.3 is 0 Å². The second kappa shape index (κ2) is 6.80. The molecule has 0 atom stereocenters. The summed E-state index contributed by atoms with van der Waals surface area (Å²) in [6.45, 7) is 1.84. The van der Waals surface area contributed by atoms with Crippen LogP contribution in [-0.2, 0) is 0 Å². The number of hydrogen-bond donors (Lipinski definition) is 0. The molecule has 0 aliphatic carbocycles. The molecule has 116 valence electrons. The molecule has 0 spiro atoms. The predicted molar refractivity (Wildman–Crippen MR) is 92.1 cm³/mol. The monoisotopic (exact) mass is 343 g/mol. The first-order chi connectivity index (χ1) is 11.2. The average molecular weight is 343 g/mol. The normalized spacial score (nSPS) is 11.0. The zero-order chi connectivity index (χ0) is 16.2. The van der Waals surface area contributed by atoms with E-state index in [1.165, 1.54) is 28.9 Å². The summed E-state index contributed by atoms with van der Waals surface area (Å²) < 4.78 is 8.91. The van der Waals surface area contributed by atoms with Gasteiger partial charge in [-0.05, 0) is 54.9 Å². The Hall–Kier alpha value is -2.38. The molecule has 0 aliphatic heterocycles. The van der Waals surface area contributed by atoms with Crippen LogP contribution < -0.4 is 4.74 Å². The molecule has 23 heavy (non-hydrogen) atoms. The Labute approximate surface area is 141 Å². The molecule has 0 N–H and O–H groups in total. The van der Waals surface area contributed by atoms with E-state index in [2.05, 4.69) is 14.6 Å². The first-order valence-corrected chi connectivity index (χ1v) is 8.44. The summed E-state index contributed by atoms with van der Waals surface area (Å²) in [5.74, 6) is 0.714. The van der Waals surface area contributed by atoms with Gasteiger partial charge in [0.1, 0.15) is 10.8 Å². The maximum Gasteiger partial charge on any atom is 0.197 e. The van der Waals surface area contributed by atoms with Gasteiger partial charge in [0.05, 0.1) is 23.4 Å². The Morgan fingerprint density at radius 2 is 2.04 bits per heavy atom. The number of carbonyl (C=O) groups is 1. The van der Waals surface area contributed by atoms with Gasteiger partial charge in [0.15, 0.2) is 5.78 Å². The van der Waals surface area contributed by atoms with Gasteiger partial charge in [-0.2, -0.15) is 0 Å². The van der Waals surface area contributed by atoms with Crippen LogP contribution in [0.25, 0.3) is 16.6 Å². The number of hydrogen-bond acceptors (Lipinski definition) is 7. The van der Waals surface area contributed by atoms with E-state index < -0.39 is 0 Å². The maximum absolute atomic E-state index is 12.3. The molecule has 0 radical (unpaired) electrons. The largest absolute Gasteiger partial charge is 0.497 e. The van der Waals surface area contributed by atoms with Gasteiger partial charge in [0, 0.05) is 10.9 Å². The summed E-state index contributed by atoms with van der Waals surface area (Å²) in [5, 5.41) is 6.48. The summed E-state index contributed by atoms with van der Waals surface area (Å²) in [7, 11) is 1.63. The average Bonchev–Trinajstić information content (AvgIpc) is 3.22. The van der Waals surface area contributed by atoms with Gasteiger partial charge in [-0.3, -0.25) is 4.79 Å². The van der Waals surface area contributed by atoms with Crippen molar-refractivity contribution in [3.8, 4) is 16.3 Å². The third-order valence-electron chi connectivity index (χ3n) is 3.14. The maximum atomic E-state index is 12.3. The number of benzene rings is 1. The zero-order valence-electron chi connectivity index (χ0n) is 12.5. The van der Waals surface area contributed by atoms with Crippen molar-refractivity contribution in [2.45, 2.75) is 6.92 Å². The fourth-order valence-electron chi connectivity index (χ4n) is 1.96. The van der Waals surface area contributed by atoms with Crippen LogP contribution in [0.4, 0.5) is 0 Å². The van der Waals surface area contributed by atoms with Crippen LogP contribution in [0.3, 0.4) is 0 Å². The topological polar surface area (TPSA) is 65.0 Å². The molecular weight excluding hydrogens is 330 g/mol. The molecule has 2 heterocycles. The summed E-state index contributed by atoms with van der Waals surface area (Å²) >= 11 is 2.64. The number of carbonyl (C=O) groups excluding carboxylic acids is 1. The predicted octanol–water partition coefficient (Wildman–Crippen LogP) is 3.87. The standard InChI is InChI=1S/C16H13N3O2S2/c1-10-15(14(20)8-5-12-9-22-19-18-12)23-16(17-10)11-3-6-13(21-2)7-4-11/h3-9H,1-2H3/b8-5-. The highest BCUT2D eigenvalue weighted by Gasteiger charge is 2.14. The minimum atomic E-state index is -0.0761. The van der Waals surface area contributed by atoms with Gasteiger partial charge in [-0.25, -0.2) is 4.98 Å². The van der Waals surface area contributed by atoms with Gasteiger partial charge in [0.25, 0.3) is 0 Å². The fraction of sp³-hybridized carbons (Fsp3) is 0.125. The molecule has 0 aliphatic rings. The summed E-state index contributed by atoms with van der Waals surface area (Å²) in [6.07, 6.45) is 3.17. The number of ketones is 1. The molecule has 2 aromatic heterocycles. The Morgan fingerprint density at radius 1 is 1.26 bits per heavy atom. The number of nitrogens with zero attached hydrogens (tertiary/aromatic N) is 3. The lowest BCUT2D eigenvalue weighted by Gasteiger charge is -1.99. The van der Waals surface area contributed by atoms with Crippen LogP contribution in [-0.4, -0.2) is 27.5 Å². The van der Waals surface area contributed by atoms with Crippen LogP contribution in [0, 0.1) is 6.92 Å². The first kappa shape index (κ1) is 15.5. The SMILES string of the molecule is COc1ccc(-c2nc(C)c(C(=O)/C=C\c3csnn3)s2)cc1. The zero-order valence-corrected chi connectivity index (χ0v) is 14.1. The van der Waals surface area contributed by atoms with Gasteiger partial charge in [-0.15, -0.1) is 16.4 Å². The van der Waals surface area contributed by atoms with Gasteiger partial charge < -0.3 is 4.74 Å². The van der Waals surface area contributed by atoms with Crippen molar-refractivity contribution in [3.05, 3.63) is 52.0 Å². The van der Waals surface area contributed by atoms with Crippen molar-refractivity contribution < 1.29 is 9.53 Å². The Morgan fingerprint density at radius 3 is 2.70 bits per heavy atom. The number of aromatic nitrogens is 3. The first-order valence-electron chi connectivity index (χ1n) is 6.78. The van der Waals surface area contributed by atoms with E-state index in [4.69, 9.17) is 4.74 Å². The summed E-state index contributed by atoms with van der Waals surface area (Å²) in [5.41, 5.74) is 2.37. The summed E-state index contributed by atoms with van der Waals surface area (Å²) in [6, 6.07) is 7.62. The molecule has 0 unspecified atom stereocenters. The molecule has 0 bridgehead atoms. The number of methoxy groups -OCH3 is 1. The van der Waals surface area contributed by atoms with Gasteiger partial charge in [-0.1, -0.05) is 4.49 Å².